The van der Waals surface area contributed by atoms with Gasteiger partial charge in [0.15, 0.2) is 5.96 Å². The Kier molecular flexibility index (Phi) is 4.85. The van der Waals surface area contributed by atoms with E-state index in [1.165, 1.54) is 0 Å². The number of nitrogens with two attached hydrogens (primary N) is 2. The van der Waals surface area contributed by atoms with Gasteiger partial charge in [0, 0.05) is 13.1 Å². The normalized spacial score (nSPS) is 21.6. The van der Waals surface area contributed by atoms with Gasteiger partial charge in [0.2, 0.25) is 0 Å². The number of hydrazine groups is 1. The third-order valence-corrected chi connectivity index (χ3v) is 1.98. The summed E-state index contributed by atoms with van der Waals surface area (Å²) in [6.07, 6.45) is 1.37. The van der Waals surface area contributed by atoms with Crippen LogP contribution in [0.1, 0.15) is 12.8 Å². The summed E-state index contributed by atoms with van der Waals surface area (Å²) in [6.45, 7) is 1.54. The summed E-state index contributed by atoms with van der Waals surface area (Å²) in [6, 6.07) is -0.318. The van der Waals surface area contributed by atoms with E-state index >= 15 is 0 Å². The first kappa shape index (κ1) is 11.7. The van der Waals surface area contributed by atoms with Crippen LogP contribution in [-0.2, 0) is 9.53 Å². The van der Waals surface area contributed by atoms with Crippen LogP contribution < -0.4 is 22.3 Å². The number of hydrogen-bond donors (Lipinski definition) is 4. The molecule has 1 aliphatic rings. The minimum atomic E-state index is -0.318. The molecule has 1 heterocycles. The molecule has 0 bridgehead atoms. The van der Waals surface area contributed by atoms with Gasteiger partial charge in [-0.25, -0.2) is 5.43 Å². The van der Waals surface area contributed by atoms with Crippen LogP contribution in [0.4, 0.5) is 0 Å². The molecule has 0 aliphatic carbocycles. The highest BCUT2D eigenvalue weighted by Gasteiger charge is 2.20. The number of carbonyl (C=O) groups is 1. The van der Waals surface area contributed by atoms with E-state index in [0.717, 1.165) is 6.42 Å². The molecule has 1 rings (SSSR count). The fourth-order valence-corrected chi connectivity index (χ4v) is 1.25. The van der Waals surface area contributed by atoms with Crippen molar-refractivity contribution in [2.24, 2.45) is 16.5 Å². The molecule has 0 unspecified atom stereocenters. The van der Waals surface area contributed by atoms with Gasteiger partial charge in [0.25, 0.3) is 0 Å². The molecule has 1 aliphatic heterocycles. The Morgan fingerprint density at radius 1 is 1.60 bits per heavy atom. The highest BCUT2D eigenvalue weighted by atomic mass is 16.5. The second-order valence-electron chi connectivity index (χ2n) is 3.24. The van der Waals surface area contributed by atoms with Crippen LogP contribution in [-0.4, -0.2) is 37.7 Å². The predicted molar refractivity (Wildman–Crippen MR) is 55.8 cm³/mol. The summed E-state index contributed by atoms with van der Waals surface area (Å²) in [5.41, 5.74) is 16.1. The van der Waals surface area contributed by atoms with Gasteiger partial charge in [-0.3, -0.25) is 15.2 Å². The van der Waals surface area contributed by atoms with Crippen LogP contribution in [0, 0.1) is 0 Å². The van der Waals surface area contributed by atoms with Crippen molar-refractivity contribution in [3.05, 3.63) is 0 Å². The number of ether oxygens (including phenoxy) is 1. The van der Waals surface area contributed by atoms with Crippen molar-refractivity contribution in [1.82, 2.24) is 10.9 Å². The molecule has 0 spiro atoms. The molecule has 1 fully saturated rings. The van der Waals surface area contributed by atoms with Crippen molar-refractivity contribution in [3.8, 4) is 0 Å². The van der Waals surface area contributed by atoms with E-state index in [-0.39, 0.29) is 18.0 Å². The molecular formula is C8H17N5O2. The second kappa shape index (κ2) is 6.20. The standard InChI is InChI=1S/C8H17N5O2/c9-8(10)11-3-1-2-6-7(14)15-5-4-12-13-6/h6,12-13H,1-5H2,(H4,9,10,11)/t6-/m0/s1. The average Bonchev–Trinajstić information content (AvgIpc) is 2.38. The van der Waals surface area contributed by atoms with Crippen LogP contribution in [0.3, 0.4) is 0 Å². The maximum atomic E-state index is 11.3. The minimum Gasteiger partial charge on any atom is -0.463 e. The molecule has 0 amide bonds. The molecule has 0 aromatic heterocycles. The first-order valence-electron chi connectivity index (χ1n) is 4.90. The van der Waals surface area contributed by atoms with Crippen molar-refractivity contribution in [2.45, 2.75) is 18.9 Å². The summed E-state index contributed by atoms with van der Waals surface area (Å²) in [7, 11) is 0. The largest absolute Gasteiger partial charge is 0.463 e. The molecule has 0 saturated carbocycles. The highest BCUT2D eigenvalue weighted by molar-refractivity contribution is 5.76. The summed E-state index contributed by atoms with van der Waals surface area (Å²) in [4.78, 5) is 15.2. The summed E-state index contributed by atoms with van der Waals surface area (Å²) in [5, 5.41) is 0. The molecule has 0 aromatic rings. The summed E-state index contributed by atoms with van der Waals surface area (Å²) in [5.74, 6) is -0.158. The zero-order chi connectivity index (χ0) is 11.1. The quantitative estimate of drug-likeness (QED) is 0.188. The first-order chi connectivity index (χ1) is 7.20. The van der Waals surface area contributed by atoms with Gasteiger partial charge in [-0.1, -0.05) is 0 Å². The molecule has 0 radical (unpaired) electrons. The number of rotatable bonds is 4. The van der Waals surface area contributed by atoms with Crippen LogP contribution in [0.5, 0.6) is 0 Å². The molecule has 1 saturated heterocycles. The molecule has 7 nitrogen and oxygen atoms in total. The smallest absolute Gasteiger partial charge is 0.324 e. The maximum absolute atomic E-state index is 11.3. The lowest BCUT2D eigenvalue weighted by molar-refractivity contribution is -0.144. The van der Waals surface area contributed by atoms with Gasteiger partial charge in [-0.2, -0.15) is 0 Å². The second-order valence-corrected chi connectivity index (χ2v) is 3.24. The van der Waals surface area contributed by atoms with Crippen LogP contribution in [0.2, 0.25) is 0 Å². The van der Waals surface area contributed by atoms with E-state index in [0.29, 0.717) is 26.1 Å². The molecule has 7 heteroatoms. The number of nitrogens with zero attached hydrogens (tertiary/aromatic N) is 1. The molecule has 0 aromatic carbocycles. The van der Waals surface area contributed by atoms with E-state index < -0.39 is 0 Å². The van der Waals surface area contributed by atoms with E-state index in [4.69, 9.17) is 16.2 Å². The number of esters is 1. The molecule has 1 atom stereocenters. The fraction of sp³-hybridized carbons (Fsp3) is 0.750. The van der Waals surface area contributed by atoms with Gasteiger partial charge < -0.3 is 16.2 Å². The van der Waals surface area contributed by atoms with Gasteiger partial charge in [0.1, 0.15) is 12.6 Å². The van der Waals surface area contributed by atoms with Gasteiger partial charge in [-0.05, 0) is 12.8 Å². The van der Waals surface area contributed by atoms with E-state index in [2.05, 4.69) is 15.8 Å². The molecule has 15 heavy (non-hydrogen) atoms. The molecule has 6 N–H and O–H groups in total. The number of aliphatic imine (C=N–C) groups is 1. The summed E-state index contributed by atoms with van der Waals surface area (Å²) < 4.78 is 4.94. The summed E-state index contributed by atoms with van der Waals surface area (Å²) >= 11 is 0. The lowest BCUT2D eigenvalue weighted by Gasteiger charge is -2.12. The number of hydrogen-bond acceptors (Lipinski definition) is 5. The molecule has 86 valence electrons. The predicted octanol–water partition coefficient (Wildman–Crippen LogP) is -1.94. The van der Waals surface area contributed by atoms with E-state index in [1.54, 1.807) is 0 Å². The van der Waals surface area contributed by atoms with Crippen LogP contribution in [0.25, 0.3) is 0 Å². The van der Waals surface area contributed by atoms with Crippen LogP contribution in [0.15, 0.2) is 4.99 Å². The Morgan fingerprint density at radius 3 is 3.13 bits per heavy atom. The number of carbonyl (C=O) groups excluding carboxylic acids is 1. The zero-order valence-corrected chi connectivity index (χ0v) is 8.53. The first-order valence-corrected chi connectivity index (χ1v) is 4.90. The van der Waals surface area contributed by atoms with E-state index in [1.807, 2.05) is 0 Å². The van der Waals surface area contributed by atoms with E-state index in [9.17, 15) is 4.79 Å². The average molecular weight is 215 g/mol. The lowest BCUT2D eigenvalue weighted by atomic mass is 10.1. The van der Waals surface area contributed by atoms with Gasteiger partial charge in [-0.15, -0.1) is 0 Å². The van der Waals surface area contributed by atoms with Crippen molar-refractivity contribution in [3.63, 3.8) is 0 Å². The van der Waals surface area contributed by atoms with Crippen molar-refractivity contribution in [1.29, 1.82) is 0 Å². The maximum Gasteiger partial charge on any atom is 0.324 e. The van der Waals surface area contributed by atoms with Crippen molar-refractivity contribution in [2.75, 3.05) is 19.7 Å². The number of guanidine groups is 1. The Labute approximate surface area is 88.2 Å². The third kappa shape index (κ3) is 4.61. The monoisotopic (exact) mass is 215 g/mol. The Hall–Kier alpha value is -1.34. The number of cyclic esters (lactones) is 1. The van der Waals surface area contributed by atoms with Crippen molar-refractivity contribution < 1.29 is 9.53 Å². The topological polar surface area (TPSA) is 115 Å². The van der Waals surface area contributed by atoms with Crippen LogP contribution >= 0.6 is 0 Å². The molecular weight excluding hydrogens is 198 g/mol. The Morgan fingerprint density at radius 2 is 2.40 bits per heavy atom. The van der Waals surface area contributed by atoms with Crippen molar-refractivity contribution >= 4 is 11.9 Å². The number of nitrogens with one attached hydrogen (secondary N) is 2. The Balaban J connectivity index is 2.23. The SMILES string of the molecule is NC(N)=NCCC[C@@H]1NNCCOC1=O. The Bertz CT molecular complexity index is 239. The third-order valence-electron chi connectivity index (χ3n) is 1.98. The zero-order valence-electron chi connectivity index (χ0n) is 8.53. The fourth-order valence-electron chi connectivity index (χ4n) is 1.25. The highest BCUT2D eigenvalue weighted by Crippen LogP contribution is 2.01. The van der Waals surface area contributed by atoms with Gasteiger partial charge in [0.05, 0.1) is 0 Å². The minimum absolute atomic E-state index is 0.0736. The van der Waals surface area contributed by atoms with Gasteiger partial charge >= 0.3 is 5.97 Å². The lowest BCUT2D eigenvalue weighted by Crippen LogP contribution is -2.43.